The van der Waals surface area contributed by atoms with Crippen molar-refractivity contribution in [3.8, 4) is 0 Å². The van der Waals surface area contributed by atoms with E-state index < -0.39 is 17.7 Å². The molecule has 2 N–H and O–H groups in total. The zero-order valence-electron chi connectivity index (χ0n) is 11.8. The molecule has 7 heteroatoms. The largest absolute Gasteiger partial charge is 0.468 e. The molecule has 1 aliphatic rings. The van der Waals surface area contributed by atoms with E-state index >= 15 is 0 Å². The van der Waals surface area contributed by atoms with Crippen LogP contribution in [0.5, 0.6) is 0 Å². The number of ether oxygens (including phenoxy) is 3. The Balaban J connectivity index is 2.33. The number of nitrogens with one attached hydrogen (secondary N) is 2. The molecular formula is C12H22N2O5. The van der Waals surface area contributed by atoms with Crippen LogP contribution in [-0.2, 0) is 19.0 Å². The highest BCUT2D eigenvalue weighted by atomic mass is 16.6. The Kier molecular flexibility index (Phi) is 5.56. The van der Waals surface area contributed by atoms with Gasteiger partial charge in [0.2, 0.25) is 0 Å². The number of methoxy groups -OCH3 is 1. The minimum Gasteiger partial charge on any atom is -0.468 e. The Labute approximate surface area is 113 Å². The molecule has 19 heavy (non-hydrogen) atoms. The van der Waals surface area contributed by atoms with E-state index in [1.54, 1.807) is 20.8 Å². The second-order valence-corrected chi connectivity index (χ2v) is 5.36. The predicted molar refractivity (Wildman–Crippen MR) is 67.8 cm³/mol. The van der Waals surface area contributed by atoms with Gasteiger partial charge in [-0.15, -0.1) is 0 Å². The third-order valence-electron chi connectivity index (χ3n) is 2.42. The molecular weight excluding hydrogens is 252 g/mol. The molecule has 1 heterocycles. The van der Waals surface area contributed by atoms with E-state index in [4.69, 9.17) is 9.47 Å². The Hall–Kier alpha value is -1.34. The van der Waals surface area contributed by atoms with Gasteiger partial charge in [-0.25, -0.2) is 4.79 Å². The third kappa shape index (κ3) is 5.89. The minimum atomic E-state index is -0.533. The zero-order valence-corrected chi connectivity index (χ0v) is 11.8. The van der Waals surface area contributed by atoms with Gasteiger partial charge in [0, 0.05) is 12.6 Å². The smallest absolute Gasteiger partial charge is 0.407 e. The van der Waals surface area contributed by atoms with Crippen LogP contribution in [-0.4, -0.2) is 56.6 Å². The molecule has 1 fully saturated rings. The van der Waals surface area contributed by atoms with Crippen LogP contribution in [0, 0.1) is 0 Å². The number of morpholine rings is 1. The number of hydrogen-bond acceptors (Lipinski definition) is 6. The van der Waals surface area contributed by atoms with Crippen LogP contribution in [0.4, 0.5) is 4.79 Å². The van der Waals surface area contributed by atoms with Crippen molar-refractivity contribution in [2.45, 2.75) is 38.5 Å². The average Bonchev–Trinajstić information content (AvgIpc) is 2.34. The van der Waals surface area contributed by atoms with Crippen LogP contribution < -0.4 is 10.6 Å². The van der Waals surface area contributed by atoms with Gasteiger partial charge in [-0.1, -0.05) is 0 Å². The monoisotopic (exact) mass is 274 g/mol. The second-order valence-electron chi connectivity index (χ2n) is 5.36. The normalized spacial score (nSPS) is 23.6. The molecule has 0 aromatic rings. The standard InChI is InChI=1S/C12H22N2O5/c1-12(2,3)19-11(16)13-5-8-6-18-7-9(14-8)10(15)17-4/h8-9,14H,5-7H2,1-4H3,(H,13,16)/t8?,9-/m0/s1. The molecule has 110 valence electrons. The third-order valence-corrected chi connectivity index (χ3v) is 2.42. The highest BCUT2D eigenvalue weighted by Crippen LogP contribution is 2.06. The van der Waals surface area contributed by atoms with Gasteiger partial charge in [-0.2, -0.15) is 0 Å². The molecule has 0 aromatic carbocycles. The van der Waals surface area contributed by atoms with Crippen molar-refractivity contribution in [1.82, 2.24) is 10.6 Å². The molecule has 1 unspecified atom stereocenters. The zero-order chi connectivity index (χ0) is 14.5. The van der Waals surface area contributed by atoms with Crippen LogP contribution in [0.15, 0.2) is 0 Å². The number of carbonyl (C=O) groups is 2. The maximum Gasteiger partial charge on any atom is 0.407 e. The summed E-state index contributed by atoms with van der Waals surface area (Å²) < 4.78 is 15.0. The molecule has 2 atom stereocenters. The van der Waals surface area contributed by atoms with Gasteiger partial charge < -0.3 is 19.5 Å². The Bertz CT molecular complexity index is 327. The highest BCUT2D eigenvalue weighted by Gasteiger charge is 2.28. The van der Waals surface area contributed by atoms with E-state index in [9.17, 15) is 9.59 Å². The lowest BCUT2D eigenvalue weighted by molar-refractivity contribution is -0.147. The molecule has 0 radical (unpaired) electrons. The van der Waals surface area contributed by atoms with Crippen molar-refractivity contribution in [2.24, 2.45) is 0 Å². The van der Waals surface area contributed by atoms with Crippen LogP contribution in [0.1, 0.15) is 20.8 Å². The maximum absolute atomic E-state index is 11.5. The van der Waals surface area contributed by atoms with E-state index in [2.05, 4.69) is 15.4 Å². The van der Waals surface area contributed by atoms with Crippen molar-refractivity contribution in [3.05, 3.63) is 0 Å². The summed E-state index contributed by atoms with van der Waals surface area (Å²) in [5.74, 6) is -0.373. The summed E-state index contributed by atoms with van der Waals surface area (Å²) in [5.41, 5.74) is -0.533. The van der Waals surface area contributed by atoms with E-state index in [0.29, 0.717) is 13.2 Å². The van der Waals surface area contributed by atoms with Crippen molar-refractivity contribution in [1.29, 1.82) is 0 Å². The van der Waals surface area contributed by atoms with Gasteiger partial charge in [0.05, 0.1) is 20.3 Å². The van der Waals surface area contributed by atoms with E-state index in [0.717, 1.165) is 0 Å². The van der Waals surface area contributed by atoms with Gasteiger partial charge in [-0.05, 0) is 20.8 Å². The maximum atomic E-state index is 11.5. The van der Waals surface area contributed by atoms with Crippen molar-refractivity contribution in [3.63, 3.8) is 0 Å². The summed E-state index contributed by atoms with van der Waals surface area (Å²) in [4.78, 5) is 22.8. The fourth-order valence-electron chi connectivity index (χ4n) is 1.63. The predicted octanol–water partition coefficient (Wildman–Crippen LogP) is 0.0411. The average molecular weight is 274 g/mol. The van der Waals surface area contributed by atoms with Crippen molar-refractivity contribution >= 4 is 12.1 Å². The topological polar surface area (TPSA) is 85.9 Å². The summed E-state index contributed by atoms with van der Waals surface area (Å²) in [6.07, 6.45) is -0.491. The fraction of sp³-hybridized carbons (Fsp3) is 0.833. The lowest BCUT2D eigenvalue weighted by Crippen LogP contribution is -2.56. The van der Waals surface area contributed by atoms with Crippen LogP contribution >= 0.6 is 0 Å². The Morgan fingerprint density at radius 1 is 1.37 bits per heavy atom. The molecule has 0 aliphatic carbocycles. The first-order chi connectivity index (χ1) is 8.81. The quantitative estimate of drug-likeness (QED) is 0.707. The molecule has 0 aromatic heterocycles. The van der Waals surface area contributed by atoms with Gasteiger partial charge in [0.1, 0.15) is 11.6 Å². The molecule has 1 rings (SSSR count). The molecule has 1 amide bonds. The summed E-state index contributed by atoms with van der Waals surface area (Å²) in [6.45, 7) is 6.40. The summed E-state index contributed by atoms with van der Waals surface area (Å²) in [5, 5.41) is 5.68. The Morgan fingerprint density at radius 2 is 2.05 bits per heavy atom. The summed E-state index contributed by atoms with van der Waals surface area (Å²) in [7, 11) is 1.33. The molecule has 1 saturated heterocycles. The number of carbonyl (C=O) groups excluding carboxylic acids is 2. The summed E-state index contributed by atoms with van der Waals surface area (Å²) >= 11 is 0. The van der Waals surface area contributed by atoms with Gasteiger partial charge >= 0.3 is 12.1 Å². The second kappa shape index (κ2) is 6.72. The first kappa shape index (κ1) is 15.7. The van der Waals surface area contributed by atoms with E-state index in [1.165, 1.54) is 7.11 Å². The lowest BCUT2D eigenvalue weighted by Gasteiger charge is -2.29. The number of rotatable bonds is 3. The first-order valence-corrected chi connectivity index (χ1v) is 6.20. The van der Waals surface area contributed by atoms with Crippen LogP contribution in [0.3, 0.4) is 0 Å². The highest BCUT2D eigenvalue weighted by molar-refractivity contribution is 5.76. The molecule has 0 saturated carbocycles. The van der Waals surface area contributed by atoms with Crippen molar-refractivity contribution < 1.29 is 23.8 Å². The van der Waals surface area contributed by atoms with Crippen LogP contribution in [0.2, 0.25) is 0 Å². The minimum absolute atomic E-state index is 0.148. The number of hydrogen-bond donors (Lipinski definition) is 2. The Morgan fingerprint density at radius 3 is 2.63 bits per heavy atom. The number of esters is 1. The van der Waals surface area contributed by atoms with Gasteiger partial charge in [0.15, 0.2) is 0 Å². The molecule has 1 aliphatic heterocycles. The SMILES string of the molecule is COC(=O)[C@@H]1COCC(CNC(=O)OC(C)(C)C)N1. The lowest BCUT2D eigenvalue weighted by atomic mass is 10.2. The molecule has 0 spiro atoms. The van der Waals surface area contributed by atoms with E-state index in [-0.39, 0.29) is 18.6 Å². The van der Waals surface area contributed by atoms with Gasteiger partial charge in [-0.3, -0.25) is 10.1 Å². The van der Waals surface area contributed by atoms with Crippen molar-refractivity contribution in [2.75, 3.05) is 26.9 Å². The molecule has 7 nitrogen and oxygen atoms in total. The molecule has 0 bridgehead atoms. The van der Waals surface area contributed by atoms with E-state index in [1.807, 2.05) is 0 Å². The fourth-order valence-corrected chi connectivity index (χ4v) is 1.63. The first-order valence-electron chi connectivity index (χ1n) is 6.20. The number of alkyl carbamates (subject to hydrolysis) is 1. The summed E-state index contributed by atoms with van der Waals surface area (Å²) in [6, 6.07) is -0.644. The van der Waals surface area contributed by atoms with Gasteiger partial charge in [0.25, 0.3) is 0 Å². The van der Waals surface area contributed by atoms with Crippen LogP contribution in [0.25, 0.3) is 0 Å². The number of amides is 1.